The Bertz CT molecular complexity index is 176. The van der Waals surface area contributed by atoms with Gasteiger partial charge in [-0.25, -0.2) is 4.79 Å². The quantitative estimate of drug-likeness (QED) is 0.606. The van der Waals surface area contributed by atoms with Crippen molar-refractivity contribution < 1.29 is 9.53 Å². The van der Waals surface area contributed by atoms with Crippen LogP contribution in [0.2, 0.25) is 0 Å². The first-order chi connectivity index (χ1) is 6.13. The van der Waals surface area contributed by atoms with Crippen molar-refractivity contribution in [1.82, 2.24) is 9.80 Å². The zero-order chi connectivity index (χ0) is 9.84. The van der Waals surface area contributed by atoms with Crippen LogP contribution in [0.3, 0.4) is 0 Å². The summed E-state index contributed by atoms with van der Waals surface area (Å²) in [5, 5.41) is 0. The molecule has 0 saturated carbocycles. The van der Waals surface area contributed by atoms with Gasteiger partial charge < -0.3 is 14.5 Å². The lowest BCUT2D eigenvalue weighted by molar-refractivity contribution is 0.0349. The fourth-order valence-corrected chi connectivity index (χ4v) is 1.50. The van der Waals surface area contributed by atoms with E-state index in [1.807, 2.05) is 7.05 Å². The maximum atomic E-state index is 11.5. The fraction of sp³-hybridized carbons (Fsp3) is 0.889. The number of carbonyl (C=O) groups excluding carboxylic acids is 1. The van der Waals surface area contributed by atoms with Gasteiger partial charge in [0.1, 0.15) is 0 Å². The average Bonchev–Trinajstić information content (AvgIpc) is 2.17. The monoisotopic (exact) mass is 186 g/mol. The highest BCUT2D eigenvalue weighted by Gasteiger charge is 2.23. The van der Waals surface area contributed by atoms with Crippen LogP contribution in [0.15, 0.2) is 0 Å². The number of hydrogen-bond acceptors (Lipinski definition) is 2. The van der Waals surface area contributed by atoms with Crippen LogP contribution in [0.5, 0.6) is 0 Å². The number of nitrogens with zero attached hydrogens (tertiary/aromatic N) is 2. The van der Waals surface area contributed by atoms with E-state index in [0.29, 0.717) is 6.61 Å². The Kier molecular flexibility index (Phi) is 3.54. The van der Waals surface area contributed by atoms with E-state index in [1.165, 1.54) is 0 Å². The summed E-state index contributed by atoms with van der Waals surface area (Å²) in [5.41, 5.74) is 0. The van der Waals surface area contributed by atoms with E-state index in [4.69, 9.17) is 4.74 Å². The maximum Gasteiger partial charge on any atom is 0.319 e. The number of rotatable bonds is 1. The fourth-order valence-electron chi connectivity index (χ4n) is 1.50. The van der Waals surface area contributed by atoms with Gasteiger partial charge in [-0.05, 0) is 12.8 Å². The van der Waals surface area contributed by atoms with Gasteiger partial charge in [-0.3, -0.25) is 0 Å². The topological polar surface area (TPSA) is 32.8 Å². The van der Waals surface area contributed by atoms with Crippen LogP contribution in [-0.4, -0.2) is 56.2 Å². The first-order valence-corrected chi connectivity index (χ1v) is 4.65. The highest BCUT2D eigenvalue weighted by molar-refractivity contribution is 5.73. The highest BCUT2D eigenvalue weighted by Crippen LogP contribution is 2.12. The van der Waals surface area contributed by atoms with Gasteiger partial charge in [-0.15, -0.1) is 0 Å². The molecule has 1 aliphatic heterocycles. The summed E-state index contributed by atoms with van der Waals surface area (Å²) < 4.78 is 5.32. The Hall–Kier alpha value is -0.770. The molecule has 4 nitrogen and oxygen atoms in total. The molecule has 0 radical (unpaired) electrons. The molecule has 0 aliphatic carbocycles. The molecule has 1 rings (SSSR count). The summed E-state index contributed by atoms with van der Waals surface area (Å²) in [7, 11) is 5.37. The molecular formula is C9H18N2O2. The molecule has 76 valence electrons. The molecule has 0 aromatic rings. The first-order valence-electron chi connectivity index (χ1n) is 4.65. The molecule has 0 spiro atoms. The van der Waals surface area contributed by atoms with Gasteiger partial charge in [0.05, 0.1) is 12.6 Å². The van der Waals surface area contributed by atoms with Crippen LogP contribution in [0, 0.1) is 0 Å². The Labute approximate surface area is 79.4 Å². The summed E-state index contributed by atoms with van der Waals surface area (Å²) in [6.45, 7) is 1.51. The van der Waals surface area contributed by atoms with Crippen molar-refractivity contribution >= 4 is 6.03 Å². The second-order valence-electron chi connectivity index (χ2n) is 3.66. The molecule has 13 heavy (non-hydrogen) atoms. The van der Waals surface area contributed by atoms with Crippen LogP contribution < -0.4 is 0 Å². The van der Waals surface area contributed by atoms with Crippen molar-refractivity contribution in [2.24, 2.45) is 0 Å². The zero-order valence-electron chi connectivity index (χ0n) is 8.62. The number of likely N-dealkylation sites (N-methyl/N-ethyl adjacent to an activating group) is 1. The Morgan fingerprint density at radius 1 is 1.38 bits per heavy atom. The largest absolute Gasteiger partial charge is 0.379 e. The lowest BCUT2D eigenvalue weighted by Crippen LogP contribution is -2.46. The Balaban J connectivity index is 2.45. The van der Waals surface area contributed by atoms with E-state index < -0.39 is 0 Å². The number of ether oxygens (including phenoxy) is 1. The Morgan fingerprint density at radius 2 is 2.08 bits per heavy atom. The van der Waals surface area contributed by atoms with Crippen molar-refractivity contribution in [3.8, 4) is 0 Å². The lowest BCUT2D eigenvalue weighted by atomic mass is 10.1. The zero-order valence-corrected chi connectivity index (χ0v) is 8.62. The lowest BCUT2D eigenvalue weighted by Gasteiger charge is -2.32. The number of carbonyl (C=O) groups is 1. The van der Waals surface area contributed by atoms with Crippen molar-refractivity contribution in [2.75, 3.05) is 34.4 Å². The van der Waals surface area contributed by atoms with E-state index in [-0.39, 0.29) is 12.1 Å². The highest BCUT2D eigenvalue weighted by atomic mass is 16.5. The third kappa shape index (κ3) is 2.59. The molecule has 1 unspecified atom stereocenters. The summed E-state index contributed by atoms with van der Waals surface area (Å²) in [6.07, 6.45) is 2.10. The van der Waals surface area contributed by atoms with E-state index in [0.717, 1.165) is 19.4 Å². The average molecular weight is 186 g/mol. The molecule has 0 N–H and O–H groups in total. The molecule has 0 bridgehead atoms. The van der Waals surface area contributed by atoms with E-state index in [1.54, 1.807) is 23.9 Å². The summed E-state index contributed by atoms with van der Waals surface area (Å²) in [6, 6.07) is 0.305. The van der Waals surface area contributed by atoms with Crippen molar-refractivity contribution in [2.45, 2.75) is 18.9 Å². The minimum atomic E-state index is 0.0514. The van der Waals surface area contributed by atoms with Gasteiger partial charge in [-0.1, -0.05) is 0 Å². The van der Waals surface area contributed by atoms with Crippen molar-refractivity contribution in [3.05, 3.63) is 0 Å². The van der Waals surface area contributed by atoms with Crippen LogP contribution >= 0.6 is 0 Å². The second kappa shape index (κ2) is 4.46. The molecular weight excluding hydrogens is 168 g/mol. The normalized spacial score (nSPS) is 22.5. The molecule has 0 aromatic heterocycles. The summed E-state index contributed by atoms with van der Waals surface area (Å²) in [5.74, 6) is 0. The predicted molar refractivity (Wildman–Crippen MR) is 50.7 cm³/mol. The molecule has 1 heterocycles. The number of amides is 2. The third-order valence-corrected chi connectivity index (χ3v) is 2.37. The van der Waals surface area contributed by atoms with Crippen LogP contribution in [0.4, 0.5) is 4.79 Å². The third-order valence-electron chi connectivity index (χ3n) is 2.37. The molecule has 4 heteroatoms. The Morgan fingerprint density at radius 3 is 2.54 bits per heavy atom. The SMILES string of the molecule is CN(C)C(=O)N(C)C1CCCOC1. The summed E-state index contributed by atoms with van der Waals surface area (Å²) in [4.78, 5) is 14.9. The van der Waals surface area contributed by atoms with Crippen LogP contribution in [0.25, 0.3) is 0 Å². The van der Waals surface area contributed by atoms with Gasteiger partial charge in [0.25, 0.3) is 0 Å². The standard InChI is InChI=1S/C9H18N2O2/c1-10(2)9(12)11(3)8-5-4-6-13-7-8/h8H,4-7H2,1-3H3. The smallest absolute Gasteiger partial charge is 0.319 e. The number of urea groups is 1. The van der Waals surface area contributed by atoms with E-state index >= 15 is 0 Å². The minimum absolute atomic E-state index is 0.0514. The second-order valence-corrected chi connectivity index (χ2v) is 3.66. The van der Waals surface area contributed by atoms with Gasteiger partial charge in [0.15, 0.2) is 0 Å². The van der Waals surface area contributed by atoms with E-state index in [9.17, 15) is 4.79 Å². The molecule has 1 saturated heterocycles. The first kappa shape index (κ1) is 10.3. The van der Waals surface area contributed by atoms with Gasteiger partial charge in [0.2, 0.25) is 0 Å². The van der Waals surface area contributed by atoms with Gasteiger partial charge >= 0.3 is 6.03 Å². The predicted octanol–water partition coefficient (Wildman–Crippen LogP) is 0.779. The van der Waals surface area contributed by atoms with Crippen molar-refractivity contribution in [3.63, 3.8) is 0 Å². The molecule has 1 aliphatic rings. The van der Waals surface area contributed by atoms with Crippen LogP contribution in [0.1, 0.15) is 12.8 Å². The minimum Gasteiger partial charge on any atom is -0.379 e. The van der Waals surface area contributed by atoms with E-state index in [2.05, 4.69) is 0 Å². The van der Waals surface area contributed by atoms with Crippen molar-refractivity contribution in [1.29, 1.82) is 0 Å². The molecule has 2 amide bonds. The molecule has 1 fully saturated rings. The maximum absolute atomic E-state index is 11.5. The van der Waals surface area contributed by atoms with Crippen LogP contribution in [-0.2, 0) is 4.74 Å². The van der Waals surface area contributed by atoms with Gasteiger partial charge in [0, 0.05) is 27.7 Å². The molecule has 0 aromatic carbocycles. The van der Waals surface area contributed by atoms with Gasteiger partial charge in [-0.2, -0.15) is 0 Å². The molecule has 1 atom stereocenters. The summed E-state index contributed by atoms with van der Waals surface area (Å²) >= 11 is 0. The number of hydrogen-bond donors (Lipinski definition) is 0.